The molecule has 0 aromatic heterocycles. The summed E-state index contributed by atoms with van der Waals surface area (Å²) in [6.45, 7) is 4.32. The van der Waals surface area contributed by atoms with Crippen LogP contribution >= 0.6 is 0 Å². The molecule has 0 saturated heterocycles. The van der Waals surface area contributed by atoms with Crippen molar-refractivity contribution >= 4 is 11.6 Å². The van der Waals surface area contributed by atoms with Crippen LogP contribution < -0.4 is 15.4 Å². The highest BCUT2D eigenvalue weighted by Gasteiger charge is 2.04. The summed E-state index contributed by atoms with van der Waals surface area (Å²) >= 11 is 0. The van der Waals surface area contributed by atoms with E-state index in [-0.39, 0.29) is 5.91 Å². The molecule has 0 saturated carbocycles. The number of benzene rings is 2. The maximum Gasteiger partial charge on any atom is 0.251 e. The van der Waals surface area contributed by atoms with E-state index >= 15 is 0 Å². The Bertz CT molecular complexity index is 597. The molecule has 0 bridgehead atoms. The number of hydrogen-bond acceptors (Lipinski definition) is 3. The van der Waals surface area contributed by atoms with Crippen LogP contribution in [0.5, 0.6) is 5.75 Å². The fraction of sp³-hybridized carbons (Fsp3) is 0.350. The molecule has 24 heavy (non-hydrogen) atoms. The minimum Gasteiger partial charge on any atom is -0.494 e. The summed E-state index contributed by atoms with van der Waals surface area (Å²) in [4.78, 5) is 12.1. The van der Waals surface area contributed by atoms with E-state index in [1.54, 1.807) is 12.1 Å². The van der Waals surface area contributed by atoms with Gasteiger partial charge in [0.05, 0.1) is 6.61 Å². The molecule has 2 N–H and O–H groups in total. The minimum atomic E-state index is -0.0465. The first-order valence-electron chi connectivity index (χ1n) is 8.59. The zero-order valence-corrected chi connectivity index (χ0v) is 14.3. The fourth-order valence-electron chi connectivity index (χ4n) is 2.22. The summed E-state index contributed by atoms with van der Waals surface area (Å²) in [5.41, 5.74) is 1.76. The van der Waals surface area contributed by atoms with Gasteiger partial charge in [-0.1, -0.05) is 31.5 Å². The van der Waals surface area contributed by atoms with Crippen molar-refractivity contribution in [3.8, 4) is 5.75 Å². The standard InChI is InChI=1S/C20H26N2O2/c1-2-3-16-24-19-12-10-17(11-13-19)20(23)22-15-7-14-21-18-8-5-4-6-9-18/h4-6,8-13,21H,2-3,7,14-16H2,1H3,(H,22,23). The van der Waals surface area contributed by atoms with Gasteiger partial charge in [0.15, 0.2) is 0 Å². The predicted molar refractivity (Wildman–Crippen MR) is 98.7 cm³/mol. The van der Waals surface area contributed by atoms with Crippen LogP contribution in [0.2, 0.25) is 0 Å². The van der Waals surface area contributed by atoms with E-state index < -0.39 is 0 Å². The summed E-state index contributed by atoms with van der Waals surface area (Å²) in [7, 11) is 0. The lowest BCUT2D eigenvalue weighted by atomic mass is 10.2. The maximum atomic E-state index is 12.1. The lowest BCUT2D eigenvalue weighted by molar-refractivity contribution is 0.0953. The molecule has 4 nitrogen and oxygen atoms in total. The van der Waals surface area contributed by atoms with Crippen LogP contribution in [0.4, 0.5) is 5.69 Å². The summed E-state index contributed by atoms with van der Waals surface area (Å²) < 4.78 is 5.60. The largest absolute Gasteiger partial charge is 0.494 e. The Labute approximate surface area is 144 Å². The molecule has 0 aliphatic carbocycles. The smallest absolute Gasteiger partial charge is 0.251 e. The molecule has 0 aliphatic heterocycles. The highest BCUT2D eigenvalue weighted by Crippen LogP contribution is 2.12. The van der Waals surface area contributed by atoms with Gasteiger partial charge < -0.3 is 15.4 Å². The van der Waals surface area contributed by atoms with Crippen molar-refractivity contribution in [2.24, 2.45) is 0 Å². The highest BCUT2D eigenvalue weighted by atomic mass is 16.5. The van der Waals surface area contributed by atoms with Gasteiger partial charge in [0.25, 0.3) is 5.91 Å². The van der Waals surface area contributed by atoms with Crippen molar-refractivity contribution in [2.75, 3.05) is 25.0 Å². The molecule has 2 aromatic carbocycles. The molecule has 2 aromatic rings. The van der Waals surface area contributed by atoms with Crippen molar-refractivity contribution in [1.29, 1.82) is 0 Å². The first kappa shape index (κ1) is 17.9. The number of nitrogens with one attached hydrogen (secondary N) is 2. The Kier molecular flexibility index (Phi) is 7.68. The quantitative estimate of drug-likeness (QED) is 0.646. The summed E-state index contributed by atoms with van der Waals surface area (Å²) in [6, 6.07) is 17.4. The Morgan fingerprint density at radius 2 is 1.71 bits per heavy atom. The van der Waals surface area contributed by atoms with E-state index in [2.05, 4.69) is 17.6 Å². The van der Waals surface area contributed by atoms with E-state index in [1.807, 2.05) is 42.5 Å². The molecule has 4 heteroatoms. The summed E-state index contributed by atoms with van der Waals surface area (Å²) in [5, 5.41) is 6.26. The summed E-state index contributed by atoms with van der Waals surface area (Å²) in [5.74, 6) is 0.766. The maximum absolute atomic E-state index is 12.1. The number of para-hydroxylation sites is 1. The molecule has 2 rings (SSSR count). The van der Waals surface area contributed by atoms with Gasteiger partial charge in [-0.05, 0) is 49.2 Å². The minimum absolute atomic E-state index is 0.0465. The number of carbonyl (C=O) groups excluding carboxylic acids is 1. The van der Waals surface area contributed by atoms with Gasteiger partial charge in [0.2, 0.25) is 0 Å². The summed E-state index contributed by atoms with van der Waals surface area (Å²) in [6.07, 6.45) is 3.03. The molecular weight excluding hydrogens is 300 g/mol. The molecule has 0 unspecified atom stereocenters. The number of anilines is 1. The van der Waals surface area contributed by atoms with Gasteiger partial charge in [-0.3, -0.25) is 4.79 Å². The third-order valence-corrected chi connectivity index (χ3v) is 3.63. The van der Waals surface area contributed by atoms with E-state index in [4.69, 9.17) is 4.74 Å². The number of amides is 1. The van der Waals surface area contributed by atoms with Crippen molar-refractivity contribution in [1.82, 2.24) is 5.32 Å². The van der Waals surface area contributed by atoms with Gasteiger partial charge in [0.1, 0.15) is 5.75 Å². The number of rotatable bonds is 10. The Morgan fingerprint density at radius 3 is 2.42 bits per heavy atom. The molecule has 0 spiro atoms. The number of ether oxygens (including phenoxy) is 1. The van der Waals surface area contributed by atoms with Crippen LogP contribution in [-0.4, -0.2) is 25.6 Å². The molecule has 0 atom stereocenters. The first-order chi connectivity index (χ1) is 11.8. The second kappa shape index (κ2) is 10.3. The van der Waals surface area contributed by atoms with E-state index in [0.29, 0.717) is 12.1 Å². The number of hydrogen-bond donors (Lipinski definition) is 2. The molecule has 0 radical (unpaired) electrons. The van der Waals surface area contributed by atoms with Gasteiger partial charge in [0, 0.05) is 24.3 Å². The monoisotopic (exact) mass is 326 g/mol. The van der Waals surface area contributed by atoms with E-state index in [1.165, 1.54) is 0 Å². The number of carbonyl (C=O) groups is 1. The average Bonchev–Trinajstić information content (AvgIpc) is 2.63. The van der Waals surface area contributed by atoms with Crippen LogP contribution in [0.15, 0.2) is 54.6 Å². The zero-order chi connectivity index (χ0) is 17.0. The van der Waals surface area contributed by atoms with Crippen molar-refractivity contribution in [3.63, 3.8) is 0 Å². The lowest BCUT2D eigenvalue weighted by Crippen LogP contribution is -2.25. The highest BCUT2D eigenvalue weighted by molar-refractivity contribution is 5.94. The predicted octanol–water partition coefficient (Wildman–Crippen LogP) is 4.10. The first-order valence-corrected chi connectivity index (χ1v) is 8.59. The normalized spacial score (nSPS) is 10.2. The van der Waals surface area contributed by atoms with Crippen LogP contribution in [0.1, 0.15) is 36.5 Å². The van der Waals surface area contributed by atoms with E-state index in [0.717, 1.165) is 43.9 Å². The number of unbranched alkanes of at least 4 members (excludes halogenated alkanes) is 1. The Hall–Kier alpha value is -2.49. The van der Waals surface area contributed by atoms with Crippen molar-refractivity contribution in [2.45, 2.75) is 26.2 Å². The molecule has 0 fully saturated rings. The van der Waals surface area contributed by atoms with Gasteiger partial charge in [-0.2, -0.15) is 0 Å². The SMILES string of the molecule is CCCCOc1ccc(C(=O)NCCCNc2ccccc2)cc1. The third kappa shape index (κ3) is 6.32. The topological polar surface area (TPSA) is 50.4 Å². The van der Waals surface area contributed by atoms with E-state index in [9.17, 15) is 4.79 Å². The Morgan fingerprint density at radius 1 is 0.958 bits per heavy atom. The Balaban J connectivity index is 1.65. The second-order valence-corrected chi connectivity index (χ2v) is 5.63. The molecule has 0 heterocycles. The van der Waals surface area contributed by atoms with Gasteiger partial charge >= 0.3 is 0 Å². The van der Waals surface area contributed by atoms with Crippen molar-refractivity contribution in [3.05, 3.63) is 60.2 Å². The second-order valence-electron chi connectivity index (χ2n) is 5.63. The van der Waals surface area contributed by atoms with Crippen LogP contribution in [-0.2, 0) is 0 Å². The third-order valence-electron chi connectivity index (χ3n) is 3.63. The van der Waals surface area contributed by atoms with Crippen LogP contribution in [0, 0.1) is 0 Å². The van der Waals surface area contributed by atoms with Crippen molar-refractivity contribution < 1.29 is 9.53 Å². The zero-order valence-electron chi connectivity index (χ0n) is 14.3. The fourth-order valence-corrected chi connectivity index (χ4v) is 2.22. The van der Waals surface area contributed by atoms with Gasteiger partial charge in [-0.25, -0.2) is 0 Å². The van der Waals surface area contributed by atoms with Gasteiger partial charge in [-0.15, -0.1) is 0 Å². The van der Waals surface area contributed by atoms with Crippen LogP contribution in [0.3, 0.4) is 0 Å². The molecule has 0 aliphatic rings. The van der Waals surface area contributed by atoms with Crippen LogP contribution in [0.25, 0.3) is 0 Å². The lowest BCUT2D eigenvalue weighted by Gasteiger charge is -2.09. The molecule has 128 valence electrons. The average molecular weight is 326 g/mol. The molecule has 1 amide bonds. The molecular formula is C20H26N2O2.